The molecule has 0 spiro atoms. The minimum absolute atomic E-state index is 0.0910. The van der Waals surface area contributed by atoms with Gasteiger partial charge in [-0.1, -0.05) is 38.1 Å². The molecule has 1 aliphatic rings. The molecule has 1 N–H and O–H groups in total. The number of nitrogens with zero attached hydrogens (tertiary/aromatic N) is 2. The summed E-state index contributed by atoms with van der Waals surface area (Å²) in [5.41, 5.74) is 4.05. The van der Waals surface area contributed by atoms with Gasteiger partial charge in [-0.3, -0.25) is 14.6 Å². The second-order valence-corrected chi connectivity index (χ2v) is 8.75. The maximum Gasteiger partial charge on any atom is 0.295 e. The van der Waals surface area contributed by atoms with E-state index in [4.69, 9.17) is 4.74 Å². The molecule has 1 atom stereocenters. The predicted molar refractivity (Wildman–Crippen MR) is 130 cm³/mol. The number of carbonyl (C=O) groups excluding carboxylic acids is 2. The number of ketones is 1. The van der Waals surface area contributed by atoms with Crippen LogP contribution >= 0.6 is 0 Å². The highest BCUT2D eigenvalue weighted by Crippen LogP contribution is 2.42. The van der Waals surface area contributed by atoms with Gasteiger partial charge in [-0.05, 0) is 65.4 Å². The Morgan fingerprint density at radius 3 is 2.44 bits per heavy atom. The van der Waals surface area contributed by atoms with Gasteiger partial charge in [0.2, 0.25) is 0 Å². The summed E-state index contributed by atoms with van der Waals surface area (Å²) in [6, 6.07) is 15.8. The van der Waals surface area contributed by atoms with Gasteiger partial charge in [0.05, 0.1) is 18.7 Å². The van der Waals surface area contributed by atoms with E-state index in [1.807, 2.05) is 63.2 Å². The molecule has 1 aromatic heterocycles. The summed E-state index contributed by atoms with van der Waals surface area (Å²) in [4.78, 5) is 32.1. The fourth-order valence-electron chi connectivity index (χ4n) is 4.43. The van der Waals surface area contributed by atoms with Gasteiger partial charge in [-0.25, -0.2) is 0 Å². The van der Waals surface area contributed by atoms with Crippen molar-refractivity contribution < 1.29 is 19.4 Å². The van der Waals surface area contributed by atoms with Gasteiger partial charge < -0.3 is 14.7 Å². The molecule has 1 fully saturated rings. The third-order valence-electron chi connectivity index (χ3n) is 6.25. The normalized spacial score (nSPS) is 17.4. The Hall–Kier alpha value is -3.93. The van der Waals surface area contributed by atoms with Gasteiger partial charge in [0.1, 0.15) is 11.5 Å². The molecule has 0 saturated carbocycles. The first-order valence-corrected chi connectivity index (χ1v) is 11.2. The lowest BCUT2D eigenvalue weighted by molar-refractivity contribution is -0.140. The minimum Gasteiger partial charge on any atom is -0.507 e. The van der Waals surface area contributed by atoms with Crippen LogP contribution < -0.4 is 4.74 Å². The zero-order valence-corrected chi connectivity index (χ0v) is 19.8. The molecule has 1 unspecified atom stereocenters. The number of rotatable bonds is 6. The highest BCUT2D eigenvalue weighted by atomic mass is 16.5. The molecule has 0 aliphatic carbocycles. The Balaban J connectivity index is 1.90. The summed E-state index contributed by atoms with van der Waals surface area (Å²) >= 11 is 0. The SMILES string of the molecule is COc1ccc(/C(O)=C2\C(=O)C(=O)N(Cc3ccncc3)C2c2ccccc2C)cc1C(C)C. The van der Waals surface area contributed by atoms with Crippen LogP contribution in [0.1, 0.15) is 53.6 Å². The van der Waals surface area contributed by atoms with Gasteiger partial charge in [0.15, 0.2) is 0 Å². The van der Waals surface area contributed by atoms with Crippen LogP contribution in [0.4, 0.5) is 0 Å². The van der Waals surface area contributed by atoms with E-state index >= 15 is 0 Å². The van der Waals surface area contributed by atoms with Crippen LogP contribution in [0.15, 0.2) is 72.6 Å². The molecule has 1 amide bonds. The van der Waals surface area contributed by atoms with E-state index < -0.39 is 17.7 Å². The van der Waals surface area contributed by atoms with Gasteiger partial charge >= 0.3 is 0 Å². The number of Topliss-reactive ketones (excluding diaryl/α,β-unsaturated/α-hetero) is 1. The summed E-state index contributed by atoms with van der Waals surface area (Å²) in [5, 5.41) is 11.4. The monoisotopic (exact) mass is 456 g/mol. The topological polar surface area (TPSA) is 79.7 Å². The molecule has 3 aromatic rings. The Labute approximate surface area is 199 Å². The predicted octanol–water partition coefficient (Wildman–Crippen LogP) is 5.14. The second-order valence-electron chi connectivity index (χ2n) is 8.75. The molecule has 0 bridgehead atoms. The van der Waals surface area contributed by atoms with E-state index in [2.05, 4.69) is 4.98 Å². The van der Waals surface area contributed by atoms with Crippen LogP contribution in [-0.4, -0.2) is 33.8 Å². The first-order chi connectivity index (χ1) is 16.3. The number of benzene rings is 2. The highest BCUT2D eigenvalue weighted by molar-refractivity contribution is 6.46. The van der Waals surface area contributed by atoms with Crippen molar-refractivity contribution in [3.63, 3.8) is 0 Å². The average Bonchev–Trinajstić information content (AvgIpc) is 3.09. The zero-order valence-electron chi connectivity index (χ0n) is 19.8. The molecule has 1 saturated heterocycles. The quantitative estimate of drug-likeness (QED) is 0.315. The number of pyridine rings is 1. The molecule has 6 heteroatoms. The number of ether oxygens (including phenoxy) is 1. The van der Waals surface area contributed by atoms with E-state index in [1.54, 1.807) is 31.6 Å². The molecule has 2 aromatic carbocycles. The second kappa shape index (κ2) is 9.51. The standard InChI is InChI=1S/C28H28N2O4/c1-17(2)22-15-20(9-10-23(22)34-4)26(31)24-25(21-8-6-5-7-18(21)3)30(28(33)27(24)32)16-19-11-13-29-14-12-19/h5-15,17,25,31H,16H2,1-4H3/b26-24+. The van der Waals surface area contributed by atoms with E-state index in [0.29, 0.717) is 11.3 Å². The third-order valence-corrected chi connectivity index (χ3v) is 6.25. The number of amides is 1. The van der Waals surface area contributed by atoms with Gasteiger partial charge in [0, 0.05) is 24.5 Å². The number of aromatic nitrogens is 1. The summed E-state index contributed by atoms with van der Waals surface area (Å²) in [5.74, 6) is -0.663. The lowest BCUT2D eigenvalue weighted by atomic mass is 9.91. The molecule has 6 nitrogen and oxygen atoms in total. The Kier molecular flexibility index (Phi) is 6.50. The minimum atomic E-state index is -0.709. The fourth-order valence-corrected chi connectivity index (χ4v) is 4.43. The zero-order chi connectivity index (χ0) is 24.4. The number of likely N-dealkylation sites (tertiary alicyclic amines) is 1. The number of aliphatic hydroxyl groups is 1. The number of hydrogen-bond donors (Lipinski definition) is 1. The van der Waals surface area contributed by atoms with Crippen molar-refractivity contribution in [1.82, 2.24) is 9.88 Å². The largest absolute Gasteiger partial charge is 0.507 e. The molecule has 1 aliphatic heterocycles. The first-order valence-electron chi connectivity index (χ1n) is 11.2. The summed E-state index contributed by atoms with van der Waals surface area (Å²) in [6.45, 7) is 6.22. The summed E-state index contributed by atoms with van der Waals surface area (Å²) in [6.07, 6.45) is 3.30. The van der Waals surface area contributed by atoms with Crippen molar-refractivity contribution in [3.8, 4) is 5.75 Å². The lowest BCUT2D eigenvalue weighted by Gasteiger charge is -2.26. The van der Waals surface area contributed by atoms with Crippen molar-refractivity contribution in [3.05, 3.63) is 100 Å². The summed E-state index contributed by atoms with van der Waals surface area (Å²) in [7, 11) is 1.60. The molecular formula is C28H28N2O4. The molecular weight excluding hydrogens is 428 g/mol. The van der Waals surface area contributed by atoms with Gasteiger partial charge in [0.25, 0.3) is 11.7 Å². The van der Waals surface area contributed by atoms with Gasteiger partial charge in [-0.15, -0.1) is 0 Å². The van der Waals surface area contributed by atoms with E-state index in [9.17, 15) is 14.7 Å². The van der Waals surface area contributed by atoms with Crippen molar-refractivity contribution in [1.29, 1.82) is 0 Å². The maximum atomic E-state index is 13.3. The third kappa shape index (κ3) is 4.19. The molecule has 4 rings (SSSR count). The van der Waals surface area contributed by atoms with Crippen LogP contribution in [0.5, 0.6) is 5.75 Å². The Bertz CT molecular complexity index is 1260. The molecule has 34 heavy (non-hydrogen) atoms. The lowest BCUT2D eigenvalue weighted by Crippen LogP contribution is -2.29. The number of hydrogen-bond acceptors (Lipinski definition) is 5. The van der Waals surface area contributed by atoms with E-state index in [0.717, 1.165) is 22.3 Å². The maximum absolute atomic E-state index is 13.3. The molecule has 0 radical (unpaired) electrons. The van der Waals surface area contributed by atoms with Crippen LogP contribution in [0.2, 0.25) is 0 Å². The first kappa shape index (κ1) is 23.2. The van der Waals surface area contributed by atoms with E-state index in [1.165, 1.54) is 4.90 Å². The summed E-state index contributed by atoms with van der Waals surface area (Å²) < 4.78 is 5.46. The molecule has 174 valence electrons. The fraction of sp³-hybridized carbons (Fsp3) is 0.250. The van der Waals surface area contributed by atoms with Gasteiger partial charge in [-0.2, -0.15) is 0 Å². The van der Waals surface area contributed by atoms with Crippen molar-refractivity contribution >= 4 is 17.4 Å². The highest BCUT2D eigenvalue weighted by Gasteiger charge is 2.46. The number of aryl methyl sites for hydroxylation is 1. The molecule has 2 heterocycles. The Morgan fingerprint density at radius 1 is 1.09 bits per heavy atom. The van der Waals surface area contributed by atoms with Crippen molar-refractivity contribution in [2.24, 2.45) is 0 Å². The van der Waals surface area contributed by atoms with Crippen molar-refractivity contribution in [2.75, 3.05) is 7.11 Å². The smallest absolute Gasteiger partial charge is 0.295 e. The number of methoxy groups -OCH3 is 1. The van der Waals surface area contributed by atoms with E-state index in [-0.39, 0.29) is 23.8 Å². The number of carbonyl (C=O) groups is 2. The van der Waals surface area contributed by atoms with Crippen molar-refractivity contribution in [2.45, 2.75) is 39.3 Å². The Morgan fingerprint density at radius 2 is 1.79 bits per heavy atom. The van der Waals surface area contributed by atoms with Crippen LogP contribution in [-0.2, 0) is 16.1 Å². The van der Waals surface area contributed by atoms with Crippen LogP contribution in [0, 0.1) is 6.92 Å². The average molecular weight is 457 g/mol. The number of aliphatic hydroxyl groups excluding tert-OH is 1. The van der Waals surface area contributed by atoms with Crippen LogP contribution in [0.25, 0.3) is 5.76 Å². The van der Waals surface area contributed by atoms with Crippen LogP contribution in [0.3, 0.4) is 0 Å².